The number of aromatic nitrogens is 2. The average molecular weight is 258 g/mol. The van der Waals surface area contributed by atoms with Crippen LogP contribution in [-0.4, -0.2) is 23.9 Å². The van der Waals surface area contributed by atoms with Crippen molar-refractivity contribution < 1.29 is 0 Å². The molecule has 0 spiro atoms. The standard InChI is InChI=1S/C15H22N4/c1-18(2)14-6-4-5-12(11-14)15(16)8-7-13-9-10-17-19(13)3/h4-6,9-11,15H,7-8,16H2,1-3H3. The van der Waals surface area contributed by atoms with Gasteiger partial charge in [-0.3, -0.25) is 4.68 Å². The molecular formula is C15H22N4. The quantitative estimate of drug-likeness (QED) is 0.893. The van der Waals surface area contributed by atoms with Crippen LogP contribution in [0.4, 0.5) is 5.69 Å². The lowest BCUT2D eigenvalue weighted by Crippen LogP contribution is -2.14. The number of nitrogens with zero attached hydrogens (tertiary/aromatic N) is 3. The second-order valence-electron chi connectivity index (χ2n) is 5.08. The molecule has 1 aromatic heterocycles. The van der Waals surface area contributed by atoms with Crippen molar-refractivity contribution in [2.45, 2.75) is 18.9 Å². The van der Waals surface area contributed by atoms with E-state index in [1.165, 1.54) is 16.9 Å². The monoisotopic (exact) mass is 258 g/mol. The van der Waals surface area contributed by atoms with Gasteiger partial charge in [0.1, 0.15) is 0 Å². The molecule has 4 heteroatoms. The summed E-state index contributed by atoms with van der Waals surface area (Å²) in [6, 6.07) is 10.5. The van der Waals surface area contributed by atoms with Crippen molar-refractivity contribution in [2.75, 3.05) is 19.0 Å². The lowest BCUT2D eigenvalue weighted by Gasteiger charge is -2.17. The van der Waals surface area contributed by atoms with Gasteiger partial charge in [-0.1, -0.05) is 12.1 Å². The molecule has 0 radical (unpaired) electrons. The Balaban J connectivity index is 2.01. The van der Waals surface area contributed by atoms with Crippen molar-refractivity contribution in [1.29, 1.82) is 0 Å². The smallest absolute Gasteiger partial charge is 0.0492 e. The number of anilines is 1. The van der Waals surface area contributed by atoms with Crippen LogP contribution in [0.3, 0.4) is 0 Å². The van der Waals surface area contributed by atoms with Crippen molar-refractivity contribution >= 4 is 5.69 Å². The van der Waals surface area contributed by atoms with Crippen molar-refractivity contribution in [1.82, 2.24) is 9.78 Å². The van der Waals surface area contributed by atoms with Gasteiger partial charge in [0, 0.05) is 44.8 Å². The van der Waals surface area contributed by atoms with Gasteiger partial charge >= 0.3 is 0 Å². The Hall–Kier alpha value is -1.81. The van der Waals surface area contributed by atoms with Gasteiger partial charge in [0.25, 0.3) is 0 Å². The number of benzene rings is 1. The van der Waals surface area contributed by atoms with E-state index in [9.17, 15) is 0 Å². The Morgan fingerprint density at radius 2 is 2.11 bits per heavy atom. The topological polar surface area (TPSA) is 47.1 Å². The Morgan fingerprint density at radius 3 is 2.74 bits per heavy atom. The SMILES string of the molecule is CN(C)c1cccc(C(N)CCc2ccnn2C)c1. The fourth-order valence-corrected chi connectivity index (χ4v) is 2.15. The summed E-state index contributed by atoms with van der Waals surface area (Å²) in [6.45, 7) is 0. The van der Waals surface area contributed by atoms with Crippen LogP contribution in [0.5, 0.6) is 0 Å². The molecule has 0 saturated carbocycles. The minimum Gasteiger partial charge on any atom is -0.378 e. The first-order valence-electron chi connectivity index (χ1n) is 6.57. The molecule has 0 bridgehead atoms. The molecule has 0 aliphatic carbocycles. The largest absolute Gasteiger partial charge is 0.378 e. The molecule has 4 nitrogen and oxygen atoms in total. The van der Waals surface area contributed by atoms with E-state index < -0.39 is 0 Å². The molecular weight excluding hydrogens is 236 g/mol. The average Bonchev–Trinajstić information content (AvgIpc) is 2.81. The molecule has 2 aromatic rings. The number of aryl methyl sites for hydroxylation is 2. The molecule has 1 unspecified atom stereocenters. The first-order valence-corrected chi connectivity index (χ1v) is 6.57. The van der Waals surface area contributed by atoms with Crippen LogP contribution in [0, 0.1) is 0 Å². The molecule has 0 amide bonds. The van der Waals surface area contributed by atoms with Gasteiger partial charge in [0.05, 0.1) is 0 Å². The maximum absolute atomic E-state index is 6.28. The van der Waals surface area contributed by atoms with Crippen LogP contribution in [0.2, 0.25) is 0 Å². The summed E-state index contributed by atoms with van der Waals surface area (Å²) in [5.41, 5.74) is 9.88. The second kappa shape index (κ2) is 5.89. The first-order chi connectivity index (χ1) is 9.08. The van der Waals surface area contributed by atoms with E-state index in [4.69, 9.17) is 5.73 Å². The van der Waals surface area contributed by atoms with E-state index in [0.29, 0.717) is 0 Å². The molecule has 0 fully saturated rings. The van der Waals surface area contributed by atoms with E-state index in [1.54, 1.807) is 0 Å². The summed E-state index contributed by atoms with van der Waals surface area (Å²) in [5.74, 6) is 0. The van der Waals surface area contributed by atoms with Crippen molar-refractivity contribution in [3.8, 4) is 0 Å². The van der Waals surface area contributed by atoms with E-state index in [0.717, 1.165) is 12.8 Å². The van der Waals surface area contributed by atoms with E-state index >= 15 is 0 Å². The molecule has 102 valence electrons. The highest BCUT2D eigenvalue weighted by Crippen LogP contribution is 2.21. The first kappa shape index (κ1) is 13.6. The summed E-state index contributed by atoms with van der Waals surface area (Å²) in [7, 11) is 6.05. The van der Waals surface area contributed by atoms with Crippen LogP contribution in [-0.2, 0) is 13.5 Å². The summed E-state index contributed by atoms with van der Waals surface area (Å²) in [4.78, 5) is 2.09. The molecule has 0 aliphatic heterocycles. The Labute approximate surface area is 114 Å². The fourth-order valence-electron chi connectivity index (χ4n) is 2.15. The minimum atomic E-state index is 0.0646. The molecule has 0 aliphatic rings. The third kappa shape index (κ3) is 3.35. The predicted octanol–water partition coefficient (Wildman–Crippen LogP) is 2.12. The maximum atomic E-state index is 6.28. The van der Waals surface area contributed by atoms with Crippen molar-refractivity contribution in [3.63, 3.8) is 0 Å². The van der Waals surface area contributed by atoms with Gasteiger partial charge in [-0.25, -0.2) is 0 Å². The summed E-state index contributed by atoms with van der Waals surface area (Å²) in [5, 5.41) is 4.17. The highest BCUT2D eigenvalue weighted by atomic mass is 15.2. The van der Waals surface area contributed by atoms with Gasteiger partial charge in [-0.05, 0) is 36.6 Å². The Bertz CT molecular complexity index is 530. The zero-order valence-corrected chi connectivity index (χ0v) is 11.9. The third-order valence-corrected chi connectivity index (χ3v) is 3.45. The van der Waals surface area contributed by atoms with Crippen LogP contribution in [0.15, 0.2) is 36.5 Å². The summed E-state index contributed by atoms with van der Waals surface area (Å²) in [6.07, 6.45) is 3.70. The highest BCUT2D eigenvalue weighted by Gasteiger charge is 2.09. The molecule has 1 heterocycles. The van der Waals surface area contributed by atoms with Gasteiger partial charge in [0.2, 0.25) is 0 Å². The molecule has 1 aromatic carbocycles. The highest BCUT2D eigenvalue weighted by molar-refractivity contribution is 5.47. The number of hydrogen-bond donors (Lipinski definition) is 1. The minimum absolute atomic E-state index is 0.0646. The van der Waals surface area contributed by atoms with Gasteiger partial charge < -0.3 is 10.6 Å². The number of hydrogen-bond acceptors (Lipinski definition) is 3. The summed E-state index contributed by atoms with van der Waals surface area (Å²) < 4.78 is 1.91. The van der Waals surface area contributed by atoms with E-state index in [-0.39, 0.29) is 6.04 Å². The predicted molar refractivity (Wildman–Crippen MR) is 79.2 cm³/mol. The Morgan fingerprint density at radius 1 is 1.32 bits per heavy atom. The molecule has 2 N–H and O–H groups in total. The second-order valence-corrected chi connectivity index (χ2v) is 5.08. The molecule has 19 heavy (non-hydrogen) atoms. The Kier molecular flexibility index (Phi) is 4.22. The van der Waals surface area contributed by atoms with Crippen LogP contribution < -0.4 is 10.6 Å². The number of nitrogens with two attached hydrogens (primary N) is 1. The van der Waals surface area contributed by atoms with E-state index in [2.05, 4.69) is 34.3 Å². The lowest BCUT2D eigenvalue weighted by atomic mass is 10.0. The zero-order valence-electron chi connectivity index (χ0n) is 11.9. The molecule has 0 saturated heterocycles. The van der Waals surface area contributed by atoms with Gasteiger partial charge in [-0.15, -0.1) is 0 Å². The van der Waals surface area contributed by atoms with Crippen LogP contribution in [0.1, 0.15) is 23.7 Å². The molecule has 1 atom stereocenters. The third-order valence-electron chi connectivity index (χ3n) is 3.45. The fraction of sp³-hybridized carbons (Fsp3) is 0.400. The van der Waals surface area contributed by atoms with Crippen molar-refractivity contribution in [3.05, 3.63) is 47.8 Å². The normalized spacial score (nSPS) is 12.4. The van der Waals surface area contributed by atoms with Gasteiger partial charge in [0.15, 0.2) is 0 Å². The van der Waals surface area contributed by atoms with Crippen LogP contribution in [0.25, 0.3) is 0 Å². The van der Waals surface area contributed by atoms with Gasteiger partial charge in [-0.2, -0.15) is 5.10 Å². The zero-order chi connectivity index (χ0) is 13.8. The van der Waals surface area contributed by atoms with Crippen LogP contribution >= 0.6 is 0 Å². The number of rotatable bonds is 5. The molecule has 2 rings (SSSR count). The lowest BCUT2D eigenvalue weighted by molar-refractivity contribution is 0.614. The maximum Gasteiger partial charge on any atom is 0.0492 e. The van der Waals surface area contributed by atoms with Crippen molar-refractivity contribution in [2.24, 2.45) is 12.8 Å². The summed E-state index contributed by atoms with van der Waals surface area (Å²) >= 11 is 0. The van der Waals surface area contributed by atoms with E-state index in [1.807, 2.05) is 38.1 Å².